The van der Waals surface area contributed by atoms with E-state index in [1.54, 1.807) is 31.2 Å². The zero-order chi connectivity index (χ0) is 13.5. The summed E-state index contributed by atoms with van der Waals surface area (Å²) in [5.74, 6) is -0.439. The summed E-state index contributed by atoms with van der Waals surface area (Å²) in [6, 6.07) is 6.36. The molecule has 1 aromatic rings. The first-order valence-electron chi connectivity index (χ1n) is 5.71. The molecular formula is C13H17NO4. The second kappa shape index (κ2) is 6.76. The topological polar surface area (TPSA) is 75.6 Å². The minimum Gasteiger partial charge on any atom is -0.492 e. The van der Waals surface area contributed by atoms with Gasteiger partial charge in [-0.05, 0) is 26.0 Å². The third kappa shape index (κ3) is 4.18. The first-order chi connectivity index (χ1) is 8.52. The highest BCUT2D eigenvalue weighted by atomic mass is 16.5. The van der Waals surface area contributed by atoms with Crippen molar-refractivity contribution in [2.45, 2.75) is 19.9 Å². The molecule has 0 aromatic heterocycles. The molecule has 0 saturated heterocycles. The van der Waals surface area contributed by atoms with Crippen LogP contribution in [0.25, 0.3) is 0 Å². The van der Waals surface area contributed by atoms with Crippen LogP contribution >= 0.6 is 0 Å². The molecule has 5 nitrogen and oxygen atoms in total. The Bertz CT molecular complexity index is 431. The van der Waals surface area contributed by atoms with Gasteiger partial charge < -0.3 is 15.2 Å². The first-order valence-corrected chi connectivity index (χ1v) is 5.71. The normalized spacial score (nSPS) is 11.9. The second-order valence-electron chi connectivity index (χ2n) is 3.91. The number of benzene rings is 1. The lowest BCUT2D eigenvalue weighted by Gasteiger charge is -2.12. The van der Waals surface area contributed by atoms with Gasteiger partial charge in [0.2, 0.25) is 0 Å². The van der Waals surface area contributed by atoms with Crippen molar-refractivity contribution in [2.24, 2.45) is 0 Å². The lowest BCUT2D eigenvalue weighted by Crippen LogP contribution is -2.36. The van der Waals surface area contributed by atoms with Crippen LogP contribution in [0, 0.1) is 0 Å². The van der Waals surface area contributed by atoms with Gasteiger partial charge in [-0.25, -0.2) is 0 Å². The number of carbonyl (C=O) groups excluding carboxylic acids is 1. The van der Waals surface area contributed by atoms with Gasteiger partial charge in [0.05, 0.1) is 5.56 Å². The molecule has 0 saturated carbocycles. The summed E-state index contributed by atoms with van der Waals surface area (Å²) in [6.45, 7) is 3.75. The predicted molar refractivity (Wildman–Crippen MR) is 67.0 cm³/mol. The van der Waals surface area contributed by atoms with E-state index in [1.165, 1.54) is 6.92 Å². The second-order valence-corrected chi connectivity index (χ2v) is 3.91. The van der Waals surface area contributed by atoms with Crippen LogP contribution in [-0.4, -0.2) is 36.1 Å². The lowest BCUT2D eigenvalue weighted by molar-refractivity contribution is -0.139. The molecule has 0 heterocycles. The average Bonchev–Trinajstić information content (AvgIpc) is 2.34. The van der Waals surface area contributed by atoms with Crippen LogP contribution < -0.4 is 10.1 Å². The summed E-state index contributed by atoms with van der Waals surface area (Å²) in [5, 5.41) is 11.5. The summed E-state index contributed by atoms with van der Waals surface area (Å²) in [7, 11) is 0. The molecule has 0 bridgehead atoms. The van der Waals surface area contributed by atoms with E-state index in [1.807, 2.05) is 0 Å². The number of hydrogen-bond donors (Lipinski definition) is 2. The molecule has 0 aliphatic rings. The first kappa shape index (κ1) is 14.2. The Morgan fingerprint density at radius 2 is 2.06 bits per heavy atom. The number of ether oxygens (including phenoxy) is 1. The predicted octanol–water partition coefficient (Wildman–Crippen LogP) is 1.33. The molecular weight excluding hydrogens is 234 g/mol. The Labute approximate surface area is 106 Å². The zero-order valence-electron chi connectivity index (χ0n) is 10.5. The van der Waals surface area contributed by atoms with E-state index < -0.39 is 12.0 Å². The highest BCUT2D eigenvalue weighted by molar-refractivity contribution is 5.96. The van der Waals surface area contributed by atoms with Crippen molar-refractivity contribution < 1.29 is 19.4 Å². The van der Waals surface area contributed by atoms with Gasteiger partial charge in [0.1, 0.15) is 18.4 Å². The summed E-state index contributed by atoms with van der Waals surface area (Å²) < 4.78 is 5.45. The fourth-order valence-electron chi connectivity index (χ4n) is 1.41. The minimum atomic E-state index is -0.904. The van der Waals surface area contributed by atoms with Crippen LogP contribution in [0.4, 0.5) is 0 Å². The molecule has 5 heteroatoms. The van der Waals surface area contributed by atoms with Crippen LogP contribution in [0.2, 0.25) is 0 Å². The van der Waals surface area contributed by atoms with Gasteiger partial charge in [0.15, 0.2) is 5.78 Å². The van der Waals surface area contributed by atoms with Gasteiger partial charge in [0.25, 0.3) is 0 Å². The fraction of sp³-hybridized carbons (Fsp3) is 0.385. The number of carbonyl (C=O) groups is 2. The number of carboxylic acids is 1. The Balaban J connectivity index is 2.45. The summed E-state index contributed by atoms with van der Waals surface area (Å²) >= 11 is 0. The molecule has 1 unspecified atom stereocenters. The van der Waals surface area contributed by atoms with Crippen molar-refractivity contribution in [2.75, 3.05) is 13.2 Å². The number of rotatable bonds is 7. The van der Waals surface area contributed by atoms with Gasteiger partial charge in [0, 0.05) is 6.54 Å². The SMILES string of the molecule is CC(=O)c1ccccc1OCCNC(C)C(=O)O. The molecule has 98 valence electrons. The molecule has 1 aromatic carbocycles. The Hall–Kier alpha value is -1.88. The number of nitrogens with one attached hydrogen (secondary N) is 1. The van der Waals surface area contributed by atoms with Crippen LogP contribution in [0.3, 0.4) is 0 Å². The van der Waals surface area contributed by atoms with Crippen molar-refractivity contribution in [1.29, 1.82) is 0 Å². The Morgan fingerprint density at radius 3 is 2.67 bits per heavy atom. The van der Waals surface area contributed by atoms with E-state index in [4.69, 9.17) is 9.84 Å². The maximum atomic E-state index is 11.3. The number of ketones is 1. The standard InChI is InChI=1S/C13H17NO4/c1-9(13(16)17)14-7-8-18-12-6-4-3-5-11(12)10(2)15/h3-6,9,14H,7-8H2,1-2H3,(H,16,17). The van der Waals surface area contributed by atoms with Crippen molar-refractivity contribution in [3.05, 3.63) is 29.8 Å². The smallest absolute Gasteiger partial charge is 0.320 e. The highest BCUT2D eigenvalue weighted by Crippen LogP contribution is 2.17. The van der Waals surface area contributed by atoms with Crippen molar-refractivity contribution in [3.8, 4) is 5.75 Å². The van der Waals surface area contributed by atoms with Gasteiger partial charge in [-0.1, -0.05) is 12.1 Å². The van der Waals surface area contributed by atoms with E-state index in [0.717, 1.165) is 0 Å². The van der Waals surface area contributed by atoms with Crippen LogP contribution in [0.5, 0.6) is 5.75 Å². The van der Waals surface area contributed by atoms with Crippen LogP contribution in [0.1, 0.15) is 24.2 Å². The van der Waals surface area contributed by atoms with Crippen molar-refractivity contribution >= 4 is 11.8 Å². The van der Waals surface area contributed by atoms with Gasteiger partial charge in [-0.3, -0.25) is 9.59 Å². The van der Waals surface area contributed by atoms with Gasteiger partial charge in [-0.15, -0.1) is 0 Å². The van der Waals surface area contributed by atoms with E-state index in [0.29, 0.717) is 24.5 Å². The average molecular weight is 251 g/mol. The summed E-state index contributed by atoms with van der Waals surface area (Å²) in [4.78, 5) is 21.9. The summed E-state index contributed by atoms with van der Waals surface area (Å²) in [6.07, 6.45) is 0. The number of aliphatic carboxylic acids is 1. The number of hydrogen-bond acceptors (Lipinski definition) is 4. The Kier molecular flexibility index (Phi) is 5.32. The maximum Gasteiger partial charge on any atom is 0.320 e. The zero-order valence-corrected chi connectivity index (χ0v) is 10.5. The number of carboxylic acid groups (broad SMARTS) is 1. The molecule has 0 amide bonds. The van der Waals surface area contributed by atoms with Crippen molar-refractivity contribution in [3.63, 3.8) is 0 Å². The molecule has 2 N–H and O–H groups in total. The van der Waals surface area contributed by atoms with Crippen LogP contribution in [0.15, 0.2) is 24.3 Å². The van der Waals surface area contributed by atoms with E-state index >= 15 is 0 Å². The third-order valence-electron chi connectivity index (χ3n) is 2.45. The largest absolute Gasteiger partial charge is 0.492 e. The monoisotopic (exact) mass is 251 g/mol. The maximum absolute atomic E-state index is 11.3. The molecule has 0 spiro atoms. The van der Waals surface area contributed by atoms with E-state index in [9.17, 15) is 9.59 Å². The molecule has 0 radical (unpaired) electrons. The fourth-order valence-corrected chi connectivity index (χ4v) is 1.41. The van der Waals surface area contributed by atoms with Crippen LogP contribution in [-0.2, 0) is 4.79 Å². The molecule has 18 heavy (non-hydrogen) atoms. The molecule has 0 aliphatic heterocycles. The summed E-state index contributed by atoms with van der Waals surface area (Å²) in [5.41, 5.74) is 0.531. The highest BCUT2D eigenvalue weighted by Gasteiger charge is 2.10. The van der Waals surface area contributed by atoms with E-state index in [-0.39, 0.29) is 5.78 Å². The van der Waals surface area contributed by atoms with E-state index in [2.05, 4.69) is 5.32 Å². The Morgan fingerprint density at radius 1 is 1.39 bits per heavy atom. The molecule has 1 rings (SSSR count). The third-order valence-corrected chi connectivity index (χ3v) is 2.45. The quantitative estimate of drug-likeness (QED) is 0.565. The molecule has 0 aliphatic carbocycles. The van der Waals surface area contributed by atoms with Gasteiger partial charge in [-0.2, -0.15) is 0 Å². The minimum absolute atomic E-state index is 0.0579. The number of para-hydroxylation sites is 1. The molecule has 0 fully saturated rings. The molecule has 1 atom stereocenters. The number of Topliss-reactive ketones (excluding diaryl/α,β-unsaturated/α-hetero) is 1. The lowest BCUT2D eigenvalue weighted by atomic mass is 10.1. The van der Waals surface area contributed by atoms with Gasteiger partial charge >= 0.3 is 5.97 Å². The van der Waals surface area contributed by atoms with Crippen molar-refractivity contribution in [1.82, 2.24) is 5.32 Å².